The molecule has 0 amide bonds. The number of piperidine rings is 1. The molecule has 1 fully saturated rings. The number of nitrogens with zero attached hydrogens (tertiary/aromatic N) is 2. The van der Waals surface area contributed by atoms with Crippen LogP contribution >= 0.6 is 11.6 Å². The van der Waals surface area contributed by atoms with E-state index >= 15 is 0 Å². The molecule has 2 rings (SSSR count). The van der Waals surface area contributed by atoms with Gasteiger partial charge < -0.3 is 19.7 Å². The highest BCUT2D eigenvalue weighted by Crippen LogP contribution is 2.32. The van der Waals surface area contributed by atoms with Crippen LogP contribution in [0.25, 0.3) is 0 Å². The predicted octanol–water partition coefficient (Wildman–Crippen LogP) is 3.58. The number of halogens is 3. The average Bonchev–Trinajstić information content (AvgIpc) is 2.52. The zero-order chi connectivity index (χ0) is 19.4. The van der Waals surface area contributed by atoms with Crippen LogP contribution < -0.4 is 14.8 Å². The summed E-state index contributed by atoms with van der Waals surface area (Å²) in [7, 11) is 2.14. The van der Waals surface area contributed by atoms with Crippen molar-refractivity contribution in [2.45, 2.75) is 38.8 Å². The highest BCUT2D eigenvalue weighted by Gasteiger charge is 2.30. The van der Waals surface area contributed by atoms with E-state index in [0.29, 0.717) is 18.6 Å². The Bertz CT molecular complexity index is 584. The first kappa shape index (κ1) is 21.1. The van der Waals surface area contributed by atoms with Crippen molar-refractivity contribution >= 4 is 11.6 Å². The van der Waals surface area contributed by atoms with Gasteiger partial charge in [-0.3, -0.25) is 0 Å². The Balaban J connectivity index is 1.88. The summed E-state index contributed by atoms with van der Waals surface area (Å²) in [5.41, 5.74) is -4.01. The molecule has 26 heavy (non-hydrogen) atoms. The summed E-state index contributed by atoms with van der Waals surface area (Å²) in [5, 5.41) is 3.62. The number of alkyl halides is 3. The van der Waals surface area contributed by atoms with Gasteiger partial charge in [0.05, 0.1) is 6.61 Å². The van der Waals surface area contributed by atoms with Crippen LogP contribution in [-0.2, 0) is 0 Å². The Kier molecular flexibility index (Phi) is 7.05. The van der Waals surface area contributed by atoms with Gasteiger partial charge in [0.1, 0.15) is 0 Å². The van der Waals surface area contributed by atoms with Gasteiger partial charge in [-0.25, -0.2) is 4.98 Å². The number of nitrogens with one attached hydrogen (secondary N) is 1. The van der Waals surface area contributed by atoms with Crippen LogP contribution in [0.1, 0.15) is 27.2 Å². The molecule has 1 aliphatic heterocycles. The second kappa shape index (κ2) is 8.67. The fourth-order valence-corrected chi connectivity index (χ4v) is 3.15. The number of hydrogen-bond acceptors (Lipinski definition) is 5. The SMILES string of the molecule is C[C@H]1CN(C)CC[C@@H]1NCC(C)(C)COc1ncccc1OC(F)(F)Cl. The molecular formula is C18H28ClF2N3O2. The van der Waals surface area contributed by atoms with E-state index in [0.717, 1.165) is 26.1 Å². The highest BCUT2D eigenvalue weighted by atomic mass is 35.5. The number of aromatic nitrogens is 1. The van der Waals surface area contributed by atoms with Crippen molar-refractivity contribution in [3.63, 3.8) is 0 Å². The van der Waals surface area contributed by atoms with Crippen LogP contribution in [0, 0.1) is 11.3 Å². The van der Waals surface area contributed by atoms with E-state index in [1.165, 1.54) is 18.3 Å². The molecule has 1 N–H and O–H groups in total. The van der Waals surface area contributed by atoms with Crippen LogP contribution in [0.2, 0.25) is 0 Å². The second-order valence-corrected chi connectivity index (χ2v) is 8.26. The van der Waals surface area contributed by atoms with Crippen LogP contribution in [0.4, 0.5) is 8.78 Å². The molecule has 0 bridgehead atoms. The normalized spacial score (nSPS) is 22.3. The van der Waals surface area contributed by atoms with Gasteiger partial charge >= 0.3 is 5.57 Å². The van der Waals surface area contributed by atoms with Crippen molar-refractivity contribution < 1.29 is 18.3 Å². The molecule has 0 aromatic carbocycles. The minimum atomic E-state index is -3.80. The summed E-state index contributed by atoms with van der Waals surface area (Å²) in [6.45, 7) is 9.58. The number of ether oxygens (including phenoxy) is 2. The summed E-state index contributed by atoms with van der Waals surface area (Å²) in [6, 6.07) is 3.30. The Morgan fingerprint density at radius 3 is 2.81 bits per heavy atom. The molecule has 2 atom stereocenters. The number of hydrogen-bond donors (Lipinski definition) is 1. The van der Waals surface area contributed by atoms with Gasteiger partial charge in [0.2, 0.25) is 0 Å². The predicted molar refractivity (Wildman–Crippen MR) is 98.0 cm³/mol. The molecule has 2 heterocycles. The van der Waals surface area contributed by atoms with E-state index in [2.05, 4.69) is 47.8 Å². The first-order valence-corrected chi connectivity index (χ1v) is 9.19. The Morgan fingerprint density at radius 2 is 2.15 bits per heavy atom. The van der Waals surface area contributed by atoms with Gasteiger partial charge in [-0.15, -0.1) is 8.78 Å². The summed E-state index contributed by atoms with van der Waals surface area (Å²) in [6.07, 6.45) is 2.57. The van der Waals surface area contributed by atoms with Crippen molar-refractivity contribution in [3.8, 4) is 11.6 Å². The van der Waals surface area contributed by atoms with Gasteiger partial charge in [-0.2, -0.15) is 0 Å². The molecule has 1 aromatic rings. The first-order valence-electron chi connectivity index (χ1n) is 8.81. The molecule has 5 nitrogen and oxygen atoms in total. The van der Waals surface area contributed by atoms with E-state index in [4.69, 9.17) is 16.3 Å². The summed E-state index contributed by atoms with van der Waals surface area (Å²) in [5.74, 6) is 0.404. The molecule has 1 aromatic heterocycles. The van der Waals surface area contributed by atoms with Gasteiger partial charge in [-0.05, 0) is 38.1 Å². The molecule has 148 valence electrons. The van der Waals surface area contributed by atoms with E-state index in [1.807, 2.05) is 0 Å². The lowest BCUT2D eigenvalue weighted by molar-refractivity contribution is -0.0982. The zero-order valence-electron chi connectivity index (χ0n) is 15.8. The lowest BCUT2D eigenvalue weighted by atomic mass is 9.90. The maximum Gasteiger partial charge on any atom is 0.487 e. The molecule has 1 saturated heterocycles. The first-order chi connectivity index (χ1) is 12.1. The summed E-state index contributed by atoms with van der Waals surface area (Å²) >= 11 is 4.84. The molecule has 0 saturated carbocycles. The number of pyridine rings is 1. The fourth-order valence-electron chi connectivity index (χ4n) is 3.07. The topological polar surface area (TPSA) is 46.6 Å². The maximum absolute atomic E-state index is 12.9. The van der Waals surface area contributed by atoms with E-state index in [-0.39, 0.29) is 17.0 Å². The smallest absolute Gasteiger partial charge is 0.474 e. The Hall–Kier alpha value is -1.18. The van der Waals surface area contributed by atoms with Gasteiger partial charge in [0.15, 0.2) is 5.75 Å². The molecule has 8 heteroatoms. The molecule has 1 aliphatic rings. The second-order valence-electron chi connectivity index (χ2n) is 7.82. The van der Waals surface area contributed by atoms with E-state index in [1.54, 1.807) is 0 Å². The third-order valence-electron chi connectivity index (χ3n) is 4.51. The Labute approximate surface area is 159 Å². The lowest BCUT2D eigenvalue weighted by Crippen LogP contribution is -2.49. The van der Waals surface area contributed by atoms with Crippen molar-refractivity contribution in [1.29, 1.82) is 0 Å². The van der Waals surface area contributed by atoms with Crippen LogP contribution in [0.5, 0.6) is 11.6 Å². The standard InChI is InChI=1S/C18H28ClF2N3O2/c1-13-10-24(4)9-7-14(13)23-11-17(2,3)12-25-16-15(6-5-8-22-16)26-18(19,20)21/h5-6,8,13-14,23H,7,9-12H2,1-4H3/t13-,14-/m0/s1. The van der Waals surface area contributed by atoms with E-state index in [9.17, 15) is 8.78 Å². The van der Waals surface area contributed by atoms with Crippen LogP contribution in [0.15, 0.2) is 18.3 Å². The molecule has 0 aliphatic carbocycles. The van der Waals surface area contributed by atoms with E-state index < -0.39 is 5.57 Å². The quantitative estimate of drug-likeness (QED) is 0.686. The number of rotatable bonds is 8. The van der Waals surface area contributed by atoms with Crippen molar-refractivity contribution in [1.82, 2.24) is 15.2 Å². The van der Waals surface area contributed by atoms with Crippen molar-refractivity contribution in [2.75, 3.05) is 33.3 Å². The summed E-state index contributed by atoms with van der Waals surface area (Å²) < 4.78 is 35.9. The molecule has 0 radical (unpaired) electrons. The molecule has 0 spiro atoms. The van der Waals surface area contributed by atoms with Crippen molar-refractivity contribution in [3.05, 3.63) is 18.3 Å². The van der Waals surface area contributed by atoms with Crippen LogP contribution in [-0.4, -0.2) is 54.8 Å². The zero-order valence-corrected chi connectivity index (χ0v) is 16.5. The molecular weight excluding hydrogens is 364 g/mol. The monoisotopic (exact) mass is 391 g/mol. The minimum Gasteiger partial charge on any atom is -0.474 e. The fraction of sp³-hybridized carbons (Fsp3) is 0.722. The van der Waals surface area contributed by atoms with Crippen LogP contribution in [0.3, 0.4) is 0 Å². The van der Waals surface area contributed by atoms with Crippen molar-refractivity contribution in [2.24, 2.45) is 11.3 Å². The average molecular weight is 392 g/mol. The third kappa shape index (κ3) is 6.85. The minimum absolute atomic E-state index is 0.00793. The maximum atomic E-state index is 12.9. The third-order valence-corrected chi connectivity index (χ3v) is 4.59. The lowest BCUT2D eigenvalue weighted by Gasteiger charge is -2.37. The number of likely N-dealkylation sites (tertiary alicyclic amines) is 1. The van der Waals surface area contributed by atoms with Gasteiger partial charge in [-0.1, -0.05) is 20.8 Å². The Morgan fingerprint density at radius 1 is 1.42 bits per heavy atom. The highest BCUT2D eigenvalue weighted by molar-refractivity contribution is 6.20. The largest absolute Gasteiger partial charge is 0.487 e. The van der Waals surface area contributed by atoms with Gasteiger partial charge in [0, 0.05) is 42.3 Å². The summed E-state index contributed by atoms with van der Waals surface area (Å²) in [4.78, 5) is 6.31. The molecule has 0 unspecified atom stereocenters. The van der Waals surface area contributed by atoms with Gasteiger partial charge in [0.25, 0.3) is 5.88 Å².